The minimum absolute atomic E-state index is 0.126. The van der Waals surface area contributed by atoms with Crippen molar-refractivity contribution in [1.29, 1.82) is 0 Å². The van der Waals surface area contributed by atoms with Crippen molar-refractivity contribution >= 4 is 34.7 Å². The van der Waals surface area contributed by atoms with Crippen molar-refractivity contribution in [2.24, 2.45) is 13.0 Å². The van der Waals surface area contributed by atoms with Crippen molar-refractivity contribution in [2.45, 2.75) is 31.7 Å². The predicted molar refractivity (Wildman–Crippen MR) is 158 cm³/mol. The first-order chi connectivity index (χ1) is 21.0. The van der Waals surface area contributed by atoms with Crippen LogP contribution in [0, 0.1) is 5.92 Å². The molecule has 2 unspecified atom stereocenters. The van der Waals surface area contributed by atoms with E-state index in [4.69, 9.17) is 31.2 Å². The summed E-state index contributed by atoms with van der Waals surface area (Å²) in [7, 11) is 1.67. The fraction of sp³-hybridized carbons (Fsp3) is 0.379. The van der Waals surface area contributed by atoms with Crippen LogP contribution in [0.1, 0.15) is 12.0 Å². The van der Waals surface area contributed by atoms with E-state index < -0.39 is 17.8 Å². The molecule has 2 N–H and O–H groups in total. The number of ether oxygens (including phenoxy) is 1. The summed E-state index contributed by atoms with van der Waals surface area (Å²) in [5.74, 6) is -0.818. The Hall–Kier alpha value is -4.30. The highest BCUT2D eigenvalue weighted by Crippen LogP contribution is 2.33. The number of nitrogens with zero attached hydrogens (tertiary/aromatic N) is 5. The second kappa shape index (κ2) is 12.7. The zero-order chi connectivity index (χ0) is 31.6. The van der Waals surface area contributed by atoms with Crippen LogP contribution in [0.4, 0.5) is 19.1 Å². The normalized spacial score (nSPS) is 17.8. The molecule has 11 nitrogen and oxygen atoms in total. The highest BCUT2D eigenvalue weighted by molar-refractivity contribution is 6.31. The third-order valence-corrected chi connectivity index (χ3v) is 8.14. The second-order valence-corrected chi connectivity index (χ2v) is 10.9. The lowest BCUT2D eigenvalue weighted by atomic mass is 10.1. The smallest absolute Gasteiger partial charge is 0.490 e. The number of hydrogen-bond donors (Lipinski definition) is 2. The lowest BCUT2D eigenvalue weighted by Gasteiger charge is -2.25. The molecule has 2 aromatic carbocycles. The largest absolute Gasteiger partial charge is 0.492 e. The van der Waals surface area contributed by atoms with Gasteiger partial charge >= 0.3 is 17.8 Å². The molecule has 0 amide bonds. The number of anilines is 1. The predicted octanol–water partition coefficient (Wildman–Crippen LogP) is 3.11. The first-order valence-electron chi connectivity index (χ1n) is 13.9. The average molecular weight is 635 g/mol. The minimum atomic E-state index is -5.08. The Morgan fingerprint density at radius 2 is 1.77 bits per heavy atom. The maximum absolute atomic E-state index is 13.9. The van der Waals surface area contributed by atoms with Crippen molar-refractivity contribution < 1.29 is 27.8 Å². The monoisotopic (exact) mass is 634 g/mol. The van der Waals surface area contributed by atoms with Crippen LogP contribution in [0.5, 0.6) is 5.75 Å². The van der Waals surface area contributed by atoms with Gasteiger partial charge in [0.05, 0.1) is 13.1 Å². The Morgan fingerprint density at radius 3 is 2.45 bits per heavy atom. The van der Waals surface area contributed by atoms with E-state index in [0.717, 1.165) is 31.6 Å². The summed E-state index contributed by atoms with van der Waals surface area (Å²) >= 11 is 6.54. The molecule has 0 saturated carbocycles. The Kier molecular flexibility index (Phi) is 9.02. The van der Waals surface area contributed by atoms with Crippen LogP contribution >= 0.6 is 11.6 Å². The molecule has 0 aliphatic carbocycles. The molecule has 4 aromatic rings. The van der Waals surface area contributed by atoms with Crippen molar-refractivity contribution in [3.05, 3.63) is 86.0 Å². The Morgan fingerprint density at radius 1 is 1.09 bits per heavy atom. The zero-order valence-corrected chi connectivity index (χ0v) is 24.4. The number of fused-ring (bicyclic) bond motifs is 2. The molecule has 0 radical (unpaired) electrons. The molecule has 2 atom stereocenters. The number of hydrogen-bond acceptors (Lipinski definition) is 7. The third kappa shape index (κ3) is 6.31. The van der Waals surface area contributed by atoms with Gasteiger partial charge in [0, 0.05) is 37.7 Å². The highest BCUT2D eigenvalue weighted by atomic mass is 35.5. The zero-order valence-electron chi connectivity index (χ0n) is 23.6. The van der Waals surface area contributed by atoms with E-state index in [9.17, 15) is 22.8 Å². The fourth-order valence-electron chi connectivity index (χ4n) is 5.59. The number of aliphatic carboxylic acids is 1. The molecule has 15 heteroatoms. The standard InChI is InChI=1S/C27H29ClN6O3.C2HF3O2/c1-31-24-23(25(35)33(27(31)36)13-14-37-20-8-3-2-4-9-20)34(17-19-7-5-6-10-21(19)28)26(30-24)32-12-11-18-15-29-16-22(18)32;3-2(4,5)1(6)7/h2-10,18,22,29H,11-17H2,1H3;(H,6,7). The van der Waals surface area contributed by atoms with Gasteiger partial charge in [0.15, 0.2) is 11.2 Å². The number of carboxylic acids is 1. The number of aryl methyl sites for hydroxylation is 1. The number of carbonyl (C=O) groups is 1. The molecule has 2 aliphatic rings. The van der Waals surface area contributed by atoms with Crippen LogP contribution < -0.4 is 26.2 Å². The van der Waals surface area contributed by atoms with Crippen molar-refractivity contribution in [1.82, 2.24) is 24.0 Å². The van der Waals surface area contributed by atoms with Gasteiger partial charge in [-0.05, 0) is 36.1 Å². The number of aromatic nitrogens is 4. The van der Waals surface area contributed by atoms with E-state index in [-0.39, 0.29) is 18.7 Å². The Labute approximate surface area is 254 Å². The molecule has 2 fully saturated rings. The SMILES string of the molecule is Cn1c(=O)n(CCOc2ccccc2)c(=O)c2c1nc(N1CCC3CNCC31)n2Cc1ccccc1Cl.O=C(O)C(F)(F)F. The van der Waals surface area contributed by atoms with E-state index in [0.29, 0.717) is 46.4 Å². The van der Waals surface area contributed by atoms with Crippen molar-refractivity contribution in [3.63, 3.8) is 0 Å². The highest BCUT2D eigenvalue weighted by Gasteiger charge is 2.40. The summed E-state index contributed by atoms with van der Waals surface area (Å²) in [5, 5.41) is 11.2. The number of nitrogens with one attached hydrogen (secondary N) is 1. The molecule has 0 spiro atoms. The van der Waals surface area contributed by atoms with Crippen molar-refractivity contribution in [2.75, 3.05) is 31.1 Å². The number of rotatable bonds is 7. The molecular formula is C29H30ClF3N6O5. The first-order valence-corrected chi connectivity index (χ1v) is 14.2. The van der Waals surface area contributed by atoms with Gasteiger partial charge in [-0.3, -0.25) is 18.5 Å². The summed E-state index contributed by atoms with van der Waals surface area (Å²) in [6.45, 7) is 3.41. The Bertz CT molecular complexity index is 1770. The lowest BCUT2D eigenvalue weighted by molar-refractivity contribution is -0.192. The van der Waals surface area contributed by atoms with E-state index in [2.05, 4.69) is 10.2 Å². The van der Waals surface area contributed by atoms with Gasteiger partial charge in [0.25, 0.3) is 5.56 Å². The van der Waals surface area contributed by atoms with E-state index in [1.54, 1.807) is 7.05 Å². The summed E-state index contributed by atoms with van der Waals surface area (Å²) in [5.41, 5.74) is 0.876. The molecule has 44 heavy (non-hydrogen) atoms. The molecule has 2 aromatic heterocycles. The van der Waals surface area contributed by atoms with Gasteiger partial charge in [-0.1, -0.05) is 48.0 Å². The molecule has 6 rings (SSSR count). The molecule has 234 valence electrons. The van der Waals surface area contributed by atoms with E-state index >= 15 is 0 Å². The fourth-order valence-corrected chi connectivity index (χ4v) is 5.79. The summed E-state index contributed by atoms with van der Waals surface area (Å²) in [4.78, 5) is 43.2. The first kappa shape index (κ1) is 31.1. The van der Waals surface area contributed by atoms with Crippen LogP contribution in [0.2, 0.25) is 5.02 Å². The summed E-state index contributed by atoms with van der Waals surface area (Å²) in [6, 6.07) is 17.3. The lowest BCUT2D eigenvalue weighted by Crippen LogP contribution is -2.41. The van der Waals surface area contributed by atoms with Crippen LogP contribution in [-0.4, -0.2) is 68.2 Å². The summed E-state index contributed by atoms with van der Waals surface area (Å²) < 4.78 is 42.2. The van der Waals surface area contributed by atoms with Gasteiger partial charge in [-0.15, -0.1) is 0 Å². The van der Waals surface area contributed by atoms with Crippen LogP contribution in [0.15, 0.2) is 64.2 Å². The van der Waals surface area contributed by atoms with E-state index in [1.807, 2.05) is 59.2 Å². The van der Waals surface area contributed by atoms with Crippen LogP contribution in [-0.2, 0) is 24.9 Å². The van der Waals surface area contributed by atoms with Crippen LogP contribution in [0.3, 0.4) is 0 Å². The van der Waals surface area contributed by atoms with Gasteiger partial charge in [0.2, 0.25) is 5.95 Å². The topological polar surface area (TPSA) is 124 Å². The summed E-state index contributed by atoms with van der Waals surface area (Å²) in [6.07, 6.45) is -4.02. The maximum atomic E-state index is 13.9. The molecule has 2 saturated heterocycles. The van der Waals surface area contributed by atoms with Gasteiger partial charge in [0.1, 0.15) is 12.4 Å². The quantitative estimate of drug-likeness (QED) is 0.318. The van der Waals surface area contributed by atoms with Gasteiger partial charge in [-0.2, -0.15) is 18.2 Å². The number of carboxylic acid groups (broad SMARTS) is 1. The van der Waals surface area contributed by atoms with Crippen molar-refractivity contribution in [3.8, 4) is 5.75 Å². The minimum Gasteiger partial charge on any atom is -0.492 e. The van der Waals surface area contributed by atoms with Crippen LogP contribution in [0.25, 0.3) is 11.2 Å². The molecule has 2 aliphatic heterocycles. The maximum Gasteiger partial charge on any atom is 0.490 e. The van der Waals surface area contributed by atoms with Gasteiger partial charge < -0.3 is 20.1 Å². The Balaban J connectivity index is 0.000000493. The molecule has 4 heterocycles. The number of benzene rings is 2. The molecule has 0 bridgehead atoms. The van der Waals surface area contributed by atoms with Gasteiger partial charge in [-0.25, -0.2) is 9.59 Å². The number of imidazole rings is 1. The number of alkyl halides is 3. The van der Waals surface area contributed by atoms with E-state index in [1.165, 1.54) is 9.13 Å². The third-order valence-electron chi connectivity index (χ3n) is 7.77. The average Bonchev–Trinajstić information content (AvgIpc) is 3.71. The number of halogens is 4. The second-order valence-electron chi connectivity index (χ2n) is 10.5. The number of para-hydroxylation sites is 1. The molecular weight excluding hydrogens is 605 g/mol.